The van der Waals surface area contributed by atoms with Crippen molar-refractivity contribution in [1.29, 1.82) is 5.26 Å². The lowest BCUT2D eigenvalue weighted by Gasteiger charge is -2.07. The molecule has 2 rings (SSSR count). The van der Waals surface area contributed by atoms with E-state index in [9.17, 15) is 0 Å². The molecule has 1 heterocycles. The maximum absolute atomic E-state index is 8.41. The fourth-order valence-corrected chi connectivity index (χ4v) is 1.75. The SMILES string of the molecule is N#CCCNc1ncnc2c1CCC2. The summed E-state index contributed by atoms with van der Waals surface area (Å²) in [6.45, 7) is 0.667. The molecule has 0 saturated carbocycles. The van der Waals surface area contributed by atoms with Crippen molar-refractivity contribution in [3.8, 4) is 6.07 Å². The van der Waals surface area contributed by atoms with Crippen molar-refractivity contribution in [1.82, 2.24) is 9.97 Å². The summed E-state index contributed by atoms with van der Waals surface area (Å²) in [5.74, 6) is 0.919. The second-order valence-electron chi connectivity index (χ2n) is 3.34. The average Bonchev–Trinajstić information content (AvgIpc) is 2.67. The van der Waals surface area contributed by atoms with E-state index in [2.05, 4.69) is 21.4 Å². The van der Waals surface area contributed by atoms with E-state index in [0.717, 1.165) is 18.7 Å². The van der Waals surface area contributed by atoms with Crippen LogP contribution in [0.1, 0.15) is 24.1 Å². The standard InChI is InChI=1S/C10H12N4/c11-5-2-6-12-10-8-3-1-4-9(8)13-7-14-10/h7H,1-4,6H2,(H,12,13,14). The van der Waals surface area contributed by atoms with Crippen molar-refractivity contribution < 1.29 is 0 Å². The zero-order valence-electron chi connectivity index (χ0n) is 7.95. The molecule has 0 spiro atoms. The van der Waals surface area contributed by atoms with Gasteiger partial charge in [-0.25, -0.2) is 9.97 Å². The summed E-state index contributed by atoms with van der Waals surface area (Å²) in [6.07, 6.45) is 5.40. The first kappa shape index (κ1) is 8.95. The number of fused-ring (bicyclic) bond motifs is 1. The minimum absolute atomic E-state index is 0.513. The van der Waals surface area contributed by atoms with Gasteiger partial charge in [-0.1, -0.05) is 0 Å². The Morgan fingerprint density at radius 3 is 3.21 bits per heavy atom. The molecule has 1 N–H and O–H groups in total. The number of nitrogens with zero attached hydrogens (tertiary/aromatic N) is 3. The van der Waals surface area contributed by atoms with E-state index in [0.29, 0.717) is 13.0 Å². The molecular weight excluding hydrogens is 176 g/mol. The van der Waals surface area contributed by atoms with Crippen LogP contribution in [-0.4, -0.2) is 16.5 Å². The molecule has 0 amide bonds. The van der Waals surface area contributed by atoms with Crippen LogP contribution in [0.5, 0.6) is 0 Å². The molecule has 0 saturated heterocycles. The van der Waals surface area contributed by atoms with E-state index < -0.39 is 0 Å². The molecule has 72 valence electrons. The van der Waals surface area contributed by atoms with Gasteiger partial charge in [-0.15, -0.1) is 0 Å². The lowest BCUT2D eigenvalue weighted by Crippen LogP contribution is -2.06. The molecule has 0 unspecified atom stereocenters. The highest BCUT2D eigenvalue weighted by Crippen LogP contribution is 2.24. The molecular formula is C10H12N4. The summed E-state index contributed by atoms with van der Waals surface area (Å²) >= 11 is 0. The van der Waals surface area contributed by atoms with Crippen LogP contribution in [0.25, 0.3) is 0 Å². The Morgan fingerprint density at radius 1 is 1.43 bits per heavy atom. The topological polar surface area (TPSA) is 61.6 Å². The summed E-state index contributed by atoms with van der Waals surface area (Å²) in [5.41, 5.74) is 2.41. The van der Waals surface area contributed by atoms with Crippen molar-refractivity contribution in [2.45, 2.75) is 25.7 Å². The first-order chi connectivity index (χ1) is 6.92. The number of nitriles is 1. The van der Waals surface area contributed by atoms with E-state index in [-0.39, 0.29) is 0 Å². The maximum atomic E-state index is 8.41. The molecule has 0 bridgehead atoms. The molecule has 4 nitrogen and oxygen atoms in total. The van der Waals surface area contributed by atoms with E-state index in [4.69, 9.17) is 5.26 Å². The van der Waals surface area contributed by atoms with E-state index in [1.54, 1.807) is 6.33 Å². The highest BCUT2D eigenvalue weighted by atomic mass is 15.0. The summed E-state index contributed by atoms with van der Waals surface area (Å²) in [7, 11) is 0. The number of hydrogen-bond donors (Lipinski definition) is 1. The second-order valence-corrected chi connectivity index (χ2v) is 3.34. The number of aryl methyl sites for hydroxylation is 1. The van der Waals surface area contributed by atoms with Crippen molar-refractivity contribution in [2.24, 2.45) is 0 Å². The van der Waals surface area contributed by atoms with E-state index in [1.807, 2.05) is 0 Å². The molecule has 1 aliphatic carbocycles. The normalized spacial score (nSPS) is 13.4. The number of hydrogen-bond acceptors (Lipinski definition) is 4. The van der Waals surface area contributed by atoms with Crippen LogP contribution in [0.4, 0.5) is 5.82 Å². The van der Waals surface area contributed by atoms with Crippen LogP contribution in [0.15, 0.2) is 6.33 Å². The molecule has 1 aliphatic rings. The van der Waals surface area contributed by atoms with Crippen LogP contribution < -0.4 is 5.32 Å². The van der Waals surface area contributed by atoms with Gasteiger partial charge in [-0.05, 0) is 19.3 Å². The van der Waals surface area contributed by atoms with Crippen molar-refractivity contribution >= 4 is 5.82 Å². The Labute approximate surface area is 83.0 Å². The third kappa shape index (κ3) is 1.67. The minimum atomic E-state index is 0.513. The summed E-state index contributed by atoms with van der Waals surface area (Å²) < 4.78 is 0. The van der Waals surface area contributed by atoms with E-state index >= 15 is 0 Å². The molecule has 0 fully saturated rings. The smallest absolute Gasteiger partial charge is 0.132 e. The zero-order valence-corrected chi connectivity index (χ0v) is 7.95. The van der Waals surface area contributed by atoms with Crippen molar-refractivity contribution in [2.75, 3.05) is 11.9 Å². The first-order valence-electron chi connectivity index (χ1n) is 4.85. The second kappa shape index (κ2) is 4.05. The largest absolute Gasteiger partial charge is 0.369 e. The Kier molecular flexibility index (Phi) is 2.59. The summed E-state index contributed by atoms with van der Waals surface area (Å²) in [5, 5.41) is 11.6. The highest BCUT2D eigenvalue weighted by molar-refractivity contribution is 5.47. The Morgan fingerprint density at radius 2 is 2.36 bits per heavy atom. The van der Waals surface area contributed by atoms with Gasteiger partial charge in [0.15, 0.2) is 0 Å². The van der Waals surface area contributed by atoms with Crippen LogP contribution in [0.2, 0.25) is 0 Å². The van der Waals surface area contributed by atoms with Crippen molar-refractivity contribution in [3.63, 3.8) is 0 Å². The third-order valence-electron chi connectivity index (χ3n) is 2.40. The Balaban J connectivity index is 2.11. The quantitative estimate of drug-likeness (QED) is 0.726. The molecule has 0 aliphatic heterocycles. The molecule has 14 heavy (non-hydrogen) atoms. The van der Waals surface area contributed by atoms with Crippen LogP contribution in [-0.2, 0) is 12.8 Å². The van der Waals surface area contributed by atoms with Crippen molar-refractivity contribution in [3.05, 3.63) is 17.6 Å². The molecule has 0 aromatic carbocycles. The zero-order chi connectivity index (χ0) is 9.80. The van der Waals surface area contributed by atoms with Crippen LogP contribution in [0.3, 0.4) is 0 Å². The fraction of sp³-hybridized carbons (Fsp3) is 0.500. The lowest BCUT2D eigenvalue weighted by molar-refractivity contribution is 0.899. The van der Waals surface area contributed by atoms with E-state index in [1.165, 1.54) is 17.7 Å². The van der Waals surface area contributed by atoms with Gasteiger partial charge in [-0.3, -0.25) is 0 Å². The number of aromatic nitrogens is 2. The van der Waals surface area contributed by atoms with Gasteiger partial charge in [0.05, 0.1) is 12.5 Å². The maximum Gasteiger partial charge on any atom is 0.132 e. The summed E-state index contributed by atoms with van der Waals surface area (Å²) in [4.78, 5) is 8.42. The molecule has 4 heteroatoms. The molecule has 1 aromatic heterocycles. The van der Waals surface area contributed by atoms with Gasteiger partial charge in [0, 0.05) is 17.8 Å². The fourth-order valence-electron chi connectivity index (χ4n) is 1.75. The Bertz CT molecular complexity index is 367. The molecule has 1 aromatic rings. The molecule has 0 atom stereocenters. The van der Waals surface area contributed by atoms with Gasteiger partial charge in [-0.2, -0.15) is 5.26 Å². The predicted octanol–water partition coefficient (Wildman–Crippen LogP) is 1.29. The monoisotopic (exact) mass is 188 g/mol. The molecule has 0 radical (unpaired) electrons. The average molecular weight is 188 g/mol. The predicted molar refractivity (Wildman–Crippen MR) is 52.8 cm³/mol. The van der Waals surface area contributed by atoms with Crippen LogP contribution in [0, 0.1) is 11.3 Å². The van der Waals surface area contributed by atoms with Gasteiger partial charge in [0.1, 0.15) is 12.1 Å². The highest BCUT2D eigenvalue weighted by Gasteiger charge is 2.16. The number of anilines is 1. The van der Waals surface area contributed by atoms with Crippen LogP contribution >= 0.6 is 0 Å². The number of nitrogens with one attached hydrogen (secondary N) is 1. The Hall–Kier alpha value is -1.63. The third-order valence-corrected chi connectivity index (χ3v) is 2.40. The van der Waals surface area contributed by atoms with Gasteiger partial charge in [0.2, 0.25) is 0 Å². The lowest BCUT2D eigenvalue weighted by atomic mass is 10.2. The van der Waals surface area contributed by atoms with Gasteiger partial charge >= 0.3 is 0 Å². The number of rotatable bonds is 3. The van der Waals surface area contributed by atoms with Gasteiger partial charge < -0.3 is 5.32 Å². The first-order valence-corrected chi connectivity index (χ1v) is 4.85. The van der Waals surface area contributed by atoms with Gasteiger partial charge in [0.25, 0.3) is 0 Å². The summed E-state index contributed by atoms with van der Waals surface area (Å²) in [6, 6.07) is 2.10. The minimum Gasteiger partial charge on any atom is -0.369 e.